The zero-order chi connectivity index (χ0) is 19.5. The third kappa shape index (κ3) is 3.28. The molecule has 0 saturated heterocycles. The van der Waals surface area contributed by atoms with E-state index in [9.17, 15) is 0 Å². The molecule has 4 aromatic rings. The molecule has 0 aliphatic carbocycles. The van der Waals surface area contributed by atoms with Crippen molar-refractivity contribution in [3.8, 4) is 5.75 Å². The molecule has 1 aromatic heterocycles. The second kappa shape index (κ2) is 8.10. The number of ether oxygens (including phenoxy) is 1. The van der Waals surface area contributed by atoms with E-state index in [1.54, 1.807) is 7.11 Å². The van der Waals surface area contributed by atoms with Crippen LogP contribution in [0.1, 0.15) is 55.2 Å². The predicted octanol–water partition coefficient (Wildman–Crippen LogP) is 7.35. The molecule has 144 valence electrons. The van der Waals surface area contributed by atoms with E-state index in [1.807, 2.05) is 0 Å². The lowest BCUT2D eigenvalue weighted by Crippen LogP contribution is -2.05. The zero-order valence-corrected chi connectivity index (χ0v) is 17.1. The average Bonchev–Trinajstić information content (AvgIpc) is 3.15. The fourth-order valence-electron chi connectivity index (χ4n) is 4.56. The fourth-order valence-corrected chi connectivity index (χ4v) is 4.56. The number of aryl methyl sites for hydroxylation is 1. The number of rotatable bonds is 7. The molecule has 0 amide bonds. The van der Waals surface area contributed by atoms with Crippen LogP contribution in [0.15, 0.2) is 60.8 Å². The van der Waals surface area contributed by atoms with Gasteiger partial charge in [-0.25, -0.2) is 0 Å². The van der Waals surface area contributed by atoms with Crippen molar-refractivity contribution < 1.29 is 4.74 Å². The molecule has 0 bridgehead atoms. The maximum Gasteiger partial charge on any atom is 0.126 e. The van der Waals surface area contributed by atoms with E-state index < -0.39 is 0 Å². The number of para-hydroxylation sites is 1. The molecule has 0 saturated carbocycles. The Kier molecular flexibility index (Phi) is 5.38. The highest BCUT2D eigenvalue weighted by molar-refractivity contribution is 5.94. The number of hydrogen-bond donors (Lipinski definition) is 1. The van der Waals surface area contributed by atoms with Crippen molar-refractivity contribution >= 4 is 21.7 Å². The maximum atomic E-state index is 5.70. The van der Waals surface area contributed by atoms with E-state index >= 15 is 0 Å². The summed E-state index contributed by atoms with van der Waals surface area (Å²) >= 11 is 0. The average molecular weight is 372 g/mol. The molecule has 0 radical (unpaired) electrons. The van der Waals surface area contributed by atoms with E-state index in [0.29, 0.717) is 5.92 Å². The Hall–Kier alpha value is -2.74. The van der Waals surface area contributed by atoms with E-state index in [4.69, 9.17) is 4.74 Å². The topological polar surface area (TPSA) is 25.0 Å². The quantitative estimate of drug-likeness (QED) is 0.337. The summed E-state index contributed by atoms with van der Waals surface area (Å²) in [5.41, 5.74) is 5.37. The van der Waals surface area contributed by atoms with Crippen molar-refractivity contribution in [1.82, 2.24) is 4.98 Å². The first-order valence-electron chi connectivity index (χ1n) is 10.4. The van der Waals surface area contributed by atoms with Crippen molar-refractivity contribution in [3.05, 3.63) is 77.5 Å². The van der Waals surface area contributed by atoms with Crippen molar-refractivity contribution in [1.29, 1.82) is 0 Å². The van der Waals surface area contributed by atoms with Gasteiger partial charge in [-0.3, -0.25) is 0 Å². The number of hydrogen-bond acceptors (Lipinski definition) is 1. The van der Waals surface area contributed by atoms with Crippen LogP contribution in [-0.2, 0) is 0 Å². The summed E-state index contributed by atoms with van der Waals surface area (Å²) in [4.78, 5) is 3.49. The minimum absolute atomic E-state index is 0.374. The van der Waals surface area contributed by atoms with Gasteiger partial charge in [0, 0.05) is 28.4 Å². The van der Waals surface area contributed by atoms with E-state index in [2.05, 4.69) is 79.6 Å². The fraction of sp³-hybridized carbons (Fsp3) is 0.308. The molecule has 2 heteroatoms. The maximum absolute atomic E-state index is 5.70. The van der Waals surface area contributed by atoms with Gasteiger partial charge >= 0.3 is 0 Å². The molecule has 3 aromatic carbocycles. The molecule has 1 N–H and O–H groups in total. The smallest absolute Gasteiger partial charge is 0.126 e. The van der Waals surface area contributed by atoms with Crippen molar-refractivity contribution in [2.45, 2.75) is 45.4 Å². The lowest BCUT2D eigenvalue weighted by Gasteiger charge is -2.23. The van der Waals surface area contributed by atoms with Crippen LogP contribution in [0.2, 0.25) is 0 Å². The lowest BCUT2D eigenvalue weighted by atomic mass is 9.81. The molecule has 0 spiro atoms. The summed E-state index contributed by atoms with van der Waals surface area (Å²) in [6.45, 7) is 4.50. The van der Waals surface area contributed by atoms with Crippen molar-refractivity contribution in [3.63, 3.8) is 0 Å². The number of methoxy groups -OCH3 is 1. The molecule has 1 unspecified atom stereocenters. The highest BCUT2D eigenvalue weighted by atomic mass is 16.5. The van der Waals surface area contributed by atoms with Crippen LogP contribution in [0, 0.1) is 6.92 Å². The van der Waals surface area contributed by atoms with Gasteiger partial charge in [0.25, 0.3) is 0 Å². The van der Waals surface area contributed by atoms with Crippen LogP contribution < -0.4 is 4.74 Å². The van der Waals surface area contributed by atoms with E-state index in [0.717, 1.165) is 12.2 Å². The monoisotopic (exact) mass is 371 g/mol. The predicted molar refractivity (Wildman–Crippen MR) is 120 cm³/mol. The van der Waals surface area contributed by atoms with Crippen LogP contribution in [0.25, 0.3) is 21.7 Å². The number of aromatic amines is 1. The van der Waals surface area contributed by atoms with Crippen molar-refractivity contribution in [2.24, 2.45) is 0 Å². The molecular formula is C26H29NO. The lowest BCUT2D eigenvalue weighted by molar-refractivity contribution is 0.419. The van der Waals surface area contributed by atoms with Crippen LogP contribution in [0.4, 0.5) is 0 Å². The van der Waals surface area contributed by atoms with Gasteiger partial charge in [0.05, 0.1) is 7.11 Å². The molecule has 28 heavy (non-hydrogen) atoms. The van der Waals surface area contributed by atoms with Crippen LogP contribution >= 0.6 is 0 Å². The Labute approximate surface area is 167 Å². The standard InChI is InChI=1S/C26H29NO/c1-4-5-6-13-22(23-17-27-24-15-10-9-11-19(23)24)26-18(2)16-25(28-3)20-12-7-8-14-21(20)26/h7-12,14-17,22,27H,4-6,13H2,1-3H3. The van der Waals surface area contributed by atoms with Crippen LogP contribution in [0.3, 0.4) is 0 Å². The SMILES string of the molecule is CCCCCC(c1c[nH]c2ccccc12)c1c(C)cc(OC)c2ccccc12. The first-order valence-corrected chi connectivity index (χ1v) is 10.4. The summed E-state index contributed by atoms with van der Waals surface area (Å²) in [5, 5.41) is 3.85. The number of nitrogens with one attached hydrogen (secondary N) is 1. The number of benzene rings is 3. The minimum atomic E-state index is 0.374. The Morgan fingerprint density at radius 1 is 0.929 bits per heavy atom. The van der Waals surface area contributed by atoms with E-state index in [1.165, 1.54) is 57.6 Å². The van der Waals surface area contributed by atoms with Gasteiger partial charge in [0.1, 0.15) is 5.75 Å². The number of aromatic nitrogens is 1. The van der Waals surface area contributed by atoms with Gasteiger partial charge in [0.2, 0.25) is 0 Å². The highest BCUT2D eigenvalue weighted by Crippen LogP contribution is 2.42. The second-order valence-corrected chi connectivity index (χ2v) is 7.69. The molecule has 2 nitrogen and oxygen atoms in total. The Bertz CT molecular complexity index is 1090. The van der Waals surface area contributed by atoms with Gasteiger partial charge in [-0.15, -0.1) is 0 Å². The third-order valence-electron chi connectivity index (χ3n) is 5.92. The van der Waals surface area contributed by atoms with Gasteiger partial charge in [-0.1, -0.05) is 68.7 Å². The van der Waals surface area contributed by atoms with Gasteiger partial charge in [-0.05, 0) is 47.6 Å². The van der Waals surface area contributed by atoms with Gasteiger partial charge in [-0.2, -0.15) is 0 Å². The Morgan fingerprint density at radius 2 is 1.64 bits per heavy atom. The summed E-state index contributed by atoms with van der Waals surface area (Å²) in [6, 6.07) is 19.5. The molecule has 1 atom stereocenters. The Morgan fingerprint density at radius 3 is 2.39 bits per heavy atom. The molecular weight excluding hydrogens is 342 g/mol. The molecule has 0 aliphatic heterocycles. The summed E-state index contributed by atoms with van der Waals surface area (Å²) in [5.74, 6) is 1.33. The molecule has 0 aliphatic rings. The third-order valence-corrected chi connectivity index (χ3v) is 5.92. The van der Waals surface area contributed by atoms with Gasteiger partial charge < -0.3 is 9.72 Å². The van der Waals surface area contributed by atoms with Gasteiger partial charge in [0.15, 0.2) is 0 Å². The summed E-state index contributed by atoms with van der Waals surface area (Å²) < 4.78 is 5.70. The minimum Gasteiger partial charge on any atom is -0.496 e. The second-order valence-electron chi connectivity index (χ2n) is 7.69. The largest absolute Gasteiger partial charge is 0.496 e. The first-order chi connectivity index (χ1) is 13.7. The Balaban J connectivity index is 1.94. The van der Waals surface area contributed by atoms with Crippen molar-refractivity contribution in [2.75, 3.05) is 7.11 Å². The summed E-state index contributed by atoms with van der Waals surface area (Å²) in [6.07, 6.45) is 7.13. The molecule has 1 heterocycles. The summed E-state index contributed by atoms with van der Waals surface area (Å²) in [7, 11) is 1.76. The normalized spacial score (nSPS) is 12.5. The first kappa shape index (κ1) is 18.6. The molecule has 4 rings (SSSR count). The molecule has 0 fully saturated rings. The highest BCUT2D eigenvalue weighted by Gasteiger charge is 2.23. The number of unbranched alkanes of at least 4 members (excludes halogenated alkanes) is 2. The van der Waals surface area contributed by atoms with E-state index in [-0.39, 0.29) is 0 Å². The van der Waals surface area contributed by atoms with Crippen LogP contribution in [-0.4, -0.2) is 12.1 Å². The number of fused-ring (bicyclic) bond motifs is 2. The number of H-pyrrole nitrogens is 1. The van der Waals surface area contributed by atoms with Crippen LogP contribution in [0.5, 0.6) is 5.75 Å². The zero-order valence-electron chi connectivity index (χ0n) is 17.1.